The van der Waals surface area contributed by atoms with Gasteiger partial charge in [0, 0.05) is 35.2 Å². The number of methoxy groups -OCH3 is 1. The molecule has 0 radical (unpaired) electrons. The Bertz CT molecular complexity index is 1340. The van der Waals surface area contributed by atoms with Gasteiger partial charge in [-0.3, -0.25) is 14.9 Å². The molecule has 0 saturated carbocycles. The molecule has 4 rings (SSSR count). The molecule has 2 aromatic carbocycles. The van der Waals surface area contributed by atoms with Gasteiger partial charge in [-0.05, 0) is 43.3 Å². The van der Waals surface area contributed by atoms with Crippen molar-refractivity contribution in [3.63, 3.8) is 0 Å². The largest absolute Gasteiger partial charge is 0.465 e. The molecule has 0 N–H and O–H groups in total. The van der Waals surface area contributed by atoms with Crippen molar-refractivity contribution in [1.82, 2.24) is 0 Å². The van der Waals surface area contributed by atoms with Crippen molar-refractivity contribution in [2.75, 3.05) is 12.0 Å². The second-order valence-corrected chi connectivity index (χ2v) is 7.13. The number of carbonyl (C=O) groups excluding carboxylic acids is 2. The van der Waals surface area contributed by atoms with Crippen LogP contribution in [0.4, 0.5) is 15.8 Å². The number of rotatable bonds is 5. The maximum Gasteiger partial charge on any atom is 0.343 e. The van der Waals surface area contributed by atoms with E-state index in [1.54, 1.807) is 31.2 Å². The first kappa shape index (κ1) is 21.7. The molecular weight excluding hydrogens is 431 g/mol. The predicted octanol–water partition coefficient (Wildman–Crippen LogP) is 4.87. The first-order valence-electron chi connectivity index (χ1n) is 9.76. The van der Waals surface area contributed by atoms with Crippen LogP contribution in [-0.2, 0) is 14.3 Å². The molecule has 166 valence electrons. The summed E-state index contributed by atoms with van der Waals surface area (Å²) in [5.41, 5.74) is 1.18. The number of Topliss-reactive ketones (excluding diaryl/α,β-unsaturated/α-hetero) is 1. The molecule has 3 aromatic rings. The van der Waals surface area contributed by atoms with Crippen LogP contribution in [0.15, 0.2) is 82.0 Å². The van der Waals surface area contributed by atoms with E-state index >= 15 is 0 Å². The number of nitro benzene ring substituents is 1. The van der Waals surface area contributed by atoms with Gasteiger partial charge < -0.3 is 14.1 Å². The molecule has 1 aromatic heterocycles. The Labute approximate surface area is 187 Å². The third-order valence-electron chi connectivity index (χ3n) is 5.12. The Balaban J connectivity index is 1.77. The molecule has 1 aliphatic heterocycles. The average molecular weight is 448 g/mol. The Morgan fingerprint density at radius 1 is 1.15 bits per heavy atom. The lowest BCUT2D eigenvalue weighted by atomic mass is 10.1. The number of ether oxygens (including phenoxy) is 1. The molecule has 1 aliphatic rings. The van der Waals surface area contributed by atoms with Crippen LogP contribution in [0.1, 0.15) is 12.7 Å². The minimum absolute atomic E-state index is 0.0835. The number of anilines is 1. The molecule has 9 heteroatoms. The lowest BCUT2D eigenvalue weighted by molar-refractivity contribution is -0.384. The zero-order valence-electron chi connectivity index (χ0n) is 17.6. The van der Waals surface area contributed by atoms with Crippen molar-refractivity contribution in [3.8, 4) is 11.3 Å². The minimum Gasteiger partial charge on any atom is -0.465 e. The van der Waals surface area contributed by atoms with E-state index in [0.717, 1.165) is 0 Å². The van der Waals surface area contributed by atoms with Gasteiger partial charge >= 0.3 is 5.97 Å². The molecule has 0 atom stereocenters. The smallest absolute Gasteiger partial charge is 0.343 e. The number of halogens is 1. The van der Waals surface area contributed by atoms with Gasteiger partial charge in [-0.25, -0.2) is 9.18 Å². The summed E-state index contributed by atoms with van der Waals surface area (Å²) in [4.78, 5) is 37.4. The highest BCUT2D eigenvalue weighted by Crippen LogP contribution is 2.36. The van der Waals surface area contributed by atoms with Crippen LogP contribution in [0.2, 0.25) is 0 Å². The SMILES string of the molecule is COC(=O)C1=C(C)N(c2ccc(F)cc2)/C(=C/c2ccc(-c3cccc([N+](=O)[O-])c3)o2)C1=O. The van der Waals surface area contributed by atoms with E-state index in [2.05, 4.69) is 0 Å². The summed E-state index contributed by atoms with van der Waals surface area (Å²) in [5.74, 6) is -1.16. The fourth-order valence-electron chi connectivity index (χ4n) is 3.57. The van der Waals surface area contributed by atoms with Gasteiger partial charge in [0.15, 0.2) is 0 Å². The topological polar surface area (TPSA) is 103 Å². The number of ketones is 1. The van der Waals surface area contributed by atoms with Crippen molar-refractivity contribution in [1.29, 1.82) is 0 Å². The summed E-state index contributed by atoms with van der Waals surface area (Å²) in [6.07, 6.45) is 1.45. The molecule has 0 fully saturated rings. The van der Waals surface area contributed by atoms with E-state index in [-0.39, 0.29) is 22.7 Å². The maximum atomic E-state index is 13.4. The van der Waals surface area contributed by atoms with Crippen LogP contribution < -0.4 is 4.90 Å². The number of furan rings is 1. The predicted molar refractivity (Wildman–Crippen MR) is 117 cm³/mol. The summed E-state index contributed by atoms with van der Waals surface area (Å²) in [5, 5.41) is 11.0. The highest BCUT2D eigenvalue weighted by molar-refractivity contribution is 6.30. The average Bonchev–Trinajstić information content (AvgIpc) is 3.37. The summed E-state index contributed by atoms with van der Waals surface area (Å²) in [6, 6.07) is 14.6. The van der Waals surface area contributed by atoms with Crippen molar-refractivity contribution in [2.24, 2.45) is 0 Å². The zero-order valence-corrected chi connectivity index (χ0v) is 17.6. The van der Waals surface area contributed by atoms with Gasteiger partial charge in [0.1, 0.15) is 22.9 Å². The third-order valence-corrected chi connectivity index (χ3v) is 5.12. The van der Waals surface area contributed by atoms with Gasteiger partial charge in [0.2, 0.25) is 5.78 Å². The van der Waals surface area contributed by atoms with Gasteiger partial charge in [-0.1, -0.05) is 12.1 Å². The first-order valence-corrected chi connectivity index (χ1v) is 9.76. The monoisotopic (exact) mass is 448 g/mol. The Morgan fingerprint density at radius 3 is 2.55 bits per heavy atom. The minimum atomic E-state index is -0.787. The highest BCUT2D eigenvalue weighted by atomic mass is 19.1. The van der Waals surface area contributed by atoms with E-state index in [9.17, 15) is 24.1 Å². The number of non-ortho nitro benzene ring substituents is 1. The number of allylic oxidation sites excluding steroid dienone is 2. The van der Waals surface area contributed by atoms with Crippen molar-refractivity contribution in [2.45, 2.75) is 6.92 Å². The van der Waals surface area contributed by atoms with E-state index in [0.29, 0.717) is 22.7 Å². The standard InChI is InChI=1S/C24H17FN2O6/c1-14-22(24(29)32-2)23(28)20(26(14)17-8-6-16(25)7-9-17)13-19-10-11-21(33-19)15-4-3-5-18(12-15)27(30)31/h3-13H,1-2H3/b20-13+. The number of hydrogen-bond donors (Lipinski definition) is 0. The van der Waals surface area contributed by atoms with Gasteiger partial charge in [-0.15, -0.1) is 0 Å². The molecule has 2 heterocycles. The summed E-state index contributed by atoms with van der Waals surface area (Å²) in [6.45, 7) is 1.59. The van der Waals surface area contributed by atoms with E-state index < -0.39 is 22.5 Å². The van der Waals surface area contributed by atoms with Gasteiger partial charge in [0.25, 0.3) is 5.69 Å². The fourth-order valence-corrected chi connectivity index (χ4v) is 3.57. The lowest BCUT2D eigenvalue weighted by Gasteiger charge is -2.21. The number of esters is 1. The number of nitro groups is 1. The quantitative estimate of drug-likeness (QED) is 0.180. The lowest BCUT2D eigenvalue weighted by Crippen LogP contribution is -2.18. The molecule has 0 bridgehead atoms. The van der Waals surface area contributed by atoms with E-state index in [1.165, 1.54) is 54.5 Å². The third kappa shape index (κ3) is 4.03. The number of hydrogen-bond acceptors (Lipinski definition) is 7. The molecule has 0 spiro atoms. The van der Waals surface area contributed by atoms with Crippen LogP contribution in [0.5, 0.6) is 0 Å². The maximum absolute atomic E-state index is 13.4. The van der Waals surface area contributed by atoms with E-state index in [1.807, 2.05) is 0 Å². The molecule has 0 aliphatic carbocycles. The normalized spacial score (nSPS) is 14.8. The van der Waals surface area contributed by atoms with Crippen molar-refractivity contribution < 1.29 is 28.1 Å². The molecule has 0 saturated heterocycles. The Kier molecular flexibility index (Phi) is 5.61. The summed E-state index contributed by atoms with van der Waals surface area (Å²) >= 11 is 0. The number of benzene rings is 2. The van der Waals surface area contributed by atoms with Crippen LogP contribution in [0.25, 0.3) is 17.4 Å². The highest BCUT2D eigenvalue weighted by Gasteiger charge is 2.38. The molecule has 0 amide bonds. The molecule has 0 unspecified atom stereocenters. The molecule has 8 nitrogen and oxygen atoms in total. The van der Waals surface area contributed by atoms with Crippen molar-refractivity contribution >= 4 is 29.2 Å². The van der Waals surface area contributed by atoms with Crippen molar-refractivity contribution in [3.05, 3.63) is 99.3 Å². The van der Waals surface area contributed by atoms with Gasteiger partial charge in [0.05, 0.1) is 17.7 Å². The summed E-state index contributed by atoms with van der Waals surface area (Å²) < 4.78 is 24.0. The first-order chi connectivity index (χ1) is 15.8. The number of carbonyl (C=O) groups is 2. The fraction of sp³-hybridized carbons (Fsp3) is 0.0833. The molecule has 33 heavy (non-hydrogen) atoms. The second kappa shape index (κ2) is 8.54. The van der Waals surface area contributed by atoms with Gasteiger partial charge in [-0.2, -0.15) is 0 Å². The second-order valence-electron chi connectivity index (χ2n) is 7.13. The van der Waals surface area contributed by atoms with Crippen LogP contribution in [0, 0.1) is 15.9 Å². The number of nitrogens with zero attached hydrogens (tertiary/aromatic N) is 2. The van der Waals surface area contributed by atoms with E-state index in [4.69, 9.17) is 9.15 Å². The van der Waals surface area contributed by atoms with Crippen LogP contribution >= 0.6 is 0 Å². The Hall–Kier alpha value is -4.53. The Morgan fingerprint density at radius 2 is 1.88 bits per heavy atom. The summed E-state index contributed by atoms with van der Waals surface area (Å²) in [7, 11) is 1.18. The van der Waals surface area contributed by atoms with Crippen LogP contribution in [-0.4, -0.2) is 23.8 Å². The van der Waals surface area contributed by atoms with Crippen LogP contribution in [0.3, 0.4) is 0 Å². The molecular formula is C24H17FN2O6. The zero-order chi connectivity index (χ0) is 23.7.